The van der Waals surface area contributed by atoms with Gasteiger partial charge in [0.1, 0.15) is 0 Å². The van der Waals surface area contributed by atoms with Gasteiger partial charge in [0.15, 0.2) is 0 Å². The molecule has 0 radical (unpaired) electrons. The van der Waals surface area contributed by atoms with Gasteiger partial charge in [0.2, 0.25) is 0 Å². The summed E-state index contributed by atoms with van der Waals surface area (Å²) in [7, 11) is 0. The van der Waals surface area contributed by atoms with E-state index in [1.54, 1.807) is 11.3 Å². The van der Waals surface area contributed by atoms with E-state index in [1.807, 2.05) is 41.7 Å². The van der Waals surface area contributed by atoms with E-state index < -0.39 is 0 Å². The molecule has 0 atom stereocenters. The van der Waals surface area contributed by atoms with E-state index in [9.17, 15) is 4.79 Å². The van der Waals surface area contributed by atoms with Gasteiger partial charge in [0, 0.05) is 42.0 Å². The van der Waals surface area contributed by atoms with Gasteiger partial charge in [-0.15, -0.1) is 11.3 Å². The van der Waals surface area contributed by atoms with E-state index >= 15 is 0 Å². The molecule has 1 N–H and O–H groups in total. The number of hydrogen-bond acceptors (Lipinski definition) is 4. The van der Waals surface area contributed by atoms with Gasteiger partial charge < -0.3 is 14.8 Å². The molecule has 25 heavy (non-hydrogen) atoms. The molecule has 1 aliphatic rings. The molecule has 2 aromatic heterocycles. The Labute approximate surface area is 150 Å². The summed E-state index contributed by atoms with van der Waals surface area (Å²) in [5, 5.41) is 5.53. The van der Waals surface area contributed by atoms with E-state index in [0.717, 1.165) is 30.0 Å². The zero-order valence-corrected chi connectivity index (χ0v) is 14.9. The molecule has 4 rings (SSSR count). The number of nitrogens with zero attached hydrogens (tertiary/aromatic N) is 3. The Morgan fingerprint density at radius 2 is 2.24 bits per heavy atom. The minimum absolute atomic E-state index is 0.0726. The zero-order valence-electron chi connectivity index (χ0n) is 14.1. The van der Waals surface area contributed by atoms with Gasteiger partial charge in [0.05, 0.1) is 18.6 Å². The summed E-state index contributed by atoms with van der Waals surface area (Å²) in [6, 6.07) is 9.89. The fraction of sp³-hybridized carbons (Fsp3) is 0.263. The Balaban J connectivity index is 1.46. The number of carbonyl (C=O) groups excluding carboxylic acids is 1. The zero-order chi connectivity index (χ0) is 17.2. The Morgan fingerprint density at radius 1 is 1.32 bits per heavy atom. The van der Waals surface area contributed by atoms with Crippen molar-refractivity contribution in [1.29, 1.82) is 0 Å². The third-order valence-electron chi connectivity index (χ3n) is 4.58. The maximum Gasteiger partial charge on any atom is 0.254 e. The molecule has 5 nitrogen and oxygen atoms in total. The molecule has 3 aromatic rings. The molecule has 0 spiro atoms. The third kappa shape index (κ3) is 3.30. The summed E-state index contributed by atoms with van der Waals surface area (Å²) in [6.07, 6.45) is 3.66. The molecular weight excluding hydrogens is 332 g/mol. The minimum Gasteiger partial charge on any atom is -0.380 e. The number of imidazole rings is 1. The monoisotopic (exact) mass is 352 g/mol. The predicted molar refractivity (Wildman–Crippen MR) is 99.8 cm³/mol. The molecule has 1 aromatic carbocycles. The number of nitrogens with one attached hydrogen (secondary N) is 1. The van der Waals surface area contributed by atoms with Gasteiger partial charge in [-0.2, -0.15) is 0 Å². The van der Waals surface area contributed by atoms with Crippen LogP contribution in [0.25, 0.3) is 0 Å². The normalized spacial score (nSPS) is 13.6. The first-order valence-corrected chi connectivity index (χ1v) is 9.24. The van der Waals surface area contributed by atoms with E-state index in [4.69, 9.17) is 0 Å². The number of hydrogen-bond donors (Lipinski definition) is 1. The van der Waals surface area contributed by atoms with Crippen LogP contribution in [0.4, 0.5) is 5.69 Å². The van der Waals surface area contributed by atoms with E-state index in [1.165, 1.54) is 10.4 Å². The smallest absolute Gasteiger partial charge is 0.254 e. The summed E-state index contributed by atoms with van der Waals surface area (Å²) in [6.45, 7) is 5.04. The van der Waals surface area contributed by atoms with E-state index in [-0.39, 0.29) is 5.91 Å². The van der Waals surface area contributed by atoms with Crippen molar-refractivity contribution in [3.8, 4) is 0 Å². The highest BCUT2D eigenvalue weighted by atomic mass is 32.1. The van der Waals surface area contributed by atoms with Gasteiger partial charge in [0.25, 0.3) is 5.91 Å². The number of aryl methyl sites for hydroxylation is 1. The Morgan fingerprint density at radius 3 is 3.08 bits per heavy atom. The fourth-order valence-electron chi connectivity index (χ4n) is 3.07. The summed E-state index contributed by atoms with van der Waals surface area (Å²) < 4.78 is 2.10. The number of anilines is 1. The van der Waals surface area contributed by atoms with Crippen LogP contribution in [0.1, 0.15) is 26.5 Å². The van der Waals surface area contributed by atoms with Crippen molar-refractivity contribution >= 4 is 22.9 Å². The molecule has 0 unspecified atom stereocenters. The number of fused-ring (bicyclic) bond motifs is 1. The molecule has 0 bridgehead atoms. The van der Waals surface area contributed by atoms with Crippen LogP contribution in [0, 0.1) is 6.92 Å². The van der Waals surface area contributed by atoms with Gasteiger partial charge in [-0.05, 0) is 42.1 Å². The van der Waals surface area contributed by atoms with Crippen molar-refractivity contribution in [3.63, 3.8) is 0 Å². The van der Waals surface area contributed by atoms with Crippen LogP contribution in [-0.4, -0.2) is 26.9 Å². The molecule has 1 aliphatic heterocycles. The van der Waals surface area contributed by atoms with Gasteiger partial charge in [-0.1, -0.05) is 6.07 Å². The average molecular weight is 352 g/mol. The van der Waals surface area contributed by atoms with Crippen LogP contribution >= 0.6 is 11.3 Å². The standard InChI is InChI=1S/C19H20N4OS/c1-14-5-8-25-18(14)11-21-16-4-2-3-15(9-16)19(24)22-6-7-23-13-20-10-17(23)12-22/h2-5,8-10,13,21H,6-7,11-12H2,1H3. The second-order valence-corrected chi connectivity index (χ2v) is 7.27. The van der Waals surface area contributed by atoms with Crippen molar-refractivity contribution in [1.82, 2.24) is 14.5 Å². The van der Waals surface area contributed by atoms with Crippen molar-refractivity contribution < 1.29 is 4.79 Å². The van der Waals surface area contributed by atoms with Gasteiger partial charge in [-0.25, -0.2) is 4.98 Å². The summed E-state index contributed by atoms with van der Waals surface area (Å²) in [5.74, 6) is 0.0726. The molecule has 0 fully saturated rings. The van der Waals surface area contributed by atoms with Gasteiger partial charge >= 0.3 is 0 Å². The molecule has 3 heterocycles. The highest BCUT2D eigenvalue weighted by Crippen LogP contribution is 2.20. The van der Waals surface area contributed by atoms with Crippen LogP contribution in [0.15, 0.2) is 48.2 Å². The molecular formula is C19H20N4OS. The average Bonchev–Trinajstić information content (AvgIpc) is 3.27. The fourth-order valence-corrected chi connectivity index (χ4v) is 3.92. The Bertz CT molecular complexity index is 898. The van der Waals surface area contributed by atoms with Crippen LogP contribution < -0.4 is 5.32 Å². The highest BCUT2D eigenvalue weighted by molar-refractivity contribution is 7.10. The van der Waals surface area contributed by atoms with E-state index in [0.29, 0.717) is 13.1 Å². The highest BCUT2D eigenvalue weighted by Gasteiger charge is 2.21. The Hall–Kier alpha value is -2.60. The van der Waals surface area contributed by atoms with Gasteiger partial charge in [-0.3, -0.25) is 4.79 Å². The quantitative estimate of drug-likeness (QED) is 0.782. The second-order valence-electron chi connectivity index (χ2n) is 6.27. The Kier molecular flexibility index (Phi) is 4.28. The molecule has 128 valence electrons. The minimum atomic E-state index is 0.0726. The maximum absolute atomic E-state index is 12.8. The first kappa shape index (κ1) is 15.9. The topological polar surface area (TPSA) is 50.2 Å². The summed E-state index contributed by atoms with van der Waals surface area (Å²) in [5.41, 5.74) is 4.08. The van der Waals surface area contributed by atoms with Crippen LogP contribution in [0.2, 0.25) is 0 Å². The summed E-state index contributed by atoms with van der Waals surface area (Å²) in [4.78, 5) is 20.2. The number of thiophene rings is 1. The SMILES string of the molecule is Cc1ccsc1CNc1cccc(C(=O)N2CCn3cncc3C2)c1. The lowest BCUT2D eigenvalue weighted by Gasteiger charge is -2.28. The molecule has 1 amide bonds. The van der Waals surface area contributed by atoms with Crippen molar-refractivity contribution in [2.45, 2.75) is 26.6 Å². The number of benzene rings is 1. The summed E-state index contributed by atoms with van der Waals surface area (Å²) >= 11 is 1.75. The van der Waals surface area contributed by atoms with Crippen LogP contribution in [0.3, 0.4) is 0 Å². The molecule has 0 saturated carbocycles. The predicted octanol–water partition coefficient (Wildman–Crippen LogP) is 3.52. The molecule has 0 saturated heterocycles. The maximum atomic E-state index is 12.8. The molecule has 0 aliphatic carbocycles. The lowest BCUT2D eigenvalue weighted by molar-refractivity contribution is 0.0711. The first-order chi connectivity index (χ1) is 12.2. The van der Waals surface area contributed by atoms with Crippen LogP contribution in [0.5, 0.6) is 0 Å². The number of aromatic nitrogens is 2. The second kappa shape index (κ2) is 6.72. The number of rotatable bonds is 4. The van der Waals surface area contributed by atoms with Crippen LogP contribution in [-0.2, 0) is 19.6 Å². The largest absolute Gasteiger partial charge is 0.380 e. The molecule has 6 heteroatoms. The number of amides is 1. The third-order valence-corrected chi connectivity index (χ3v) is 5.60. The van der Waals surface area contributed by atoms with Crippen molar-refractivity contribution in [2.24, 2.45) is 0 Å². The van der Waals surface area contributed by atoms with Crippen molar-refractivity contribution in [2.75, 3.05) is 11.9 Å². The lowest BCUT2D eigenvalue weighted by atomic mass is 10.1. The lowest BCUT2D eigenvalue weighted by Crippen LogP contribution is -2.37. The van der Waals surface area contributed by atoms with Crippen molar-refractivity contribution in [3.05, 3.63) is 69.9 Å². The van der Waals surface area contributed by atoms with E-state index in [2.05, 4.69) is 33.2 Å². The first-order valence-electron chi connectivity index (χ1n) is 8.36. The number of carbonyl (C=O) groups is 1.